The number of rotatable bonds is 8. The van der Waals surface area contributed by atoms with Crippen molar-refractivity contribution < 1.29 is 28.6 Å². The van der Waals surface area contributed by atoms with Crippen molar-refractivity contribution in [1.82, 2.24) is 5.32 Å². The molecule has 1 atom stereocenters. The standard InChI is InChI=1S/C27H25FN2O5/c1-16(13-14-24(31)30-23-12-6-11-21(25(23)28)26(32)33)29-27(34)35-15-22-19-9-4-2-7-17(19)18-8-3-5-10-20(18)22/h2-12,16,22H,13-15H2,1H3,(H,29,34)(H,30,31)(H,32,33). The van der Waals surface area contributed by atoms with E-state index in [-0.39, 0.29) is 37.1 Å². The van der Waals surface area contributed by atoms with Crippen LogP contribution in [-0.4, -0.2) is 35.7 Å². The molecule has 1 aliphatic rings. The average Bonchev–Trinajstić information content (AvgIpc) is 3.16. The van der Waals surface area contributed by atoms with Crippen LogP contribution < -0.4 is 10.6 Å². The number of benzene rings is 3. The topological polar surface area (TPSA) is 105 Å². The van der Waals surface area contributed by atoms with Crippen molar-refractivity contribution >= 4 is 23.7 Å². The molecule has 0 saturated heterocycles. The van der Waals surface area contributed by atoms with Gasteiger partial charge in [-0.25, -0.2) is 14.0 Å². The number of carbonyl (C=O) groups is 3. The normalized spacial score (nSPS) is 12.9. The van der Waals surface area contributed by atoms with Crippen LogP contribution in [0.25, 0.3) is 11.1 Å². The smallest absolute Gasteiger partial charge is 0.407 e. The fourth-order valence-corrected chi connectivity index (χ4v) is 4.27. The van der Waals surface area contributed by atoms with Crippen molar-refractivity contribution in [3.05, 3.63) is 89.2 Å². The van der Waals surface area contributed by atoms with E-state index in [1.807, 2.05) is 36.4 Å². The molecule has 0 aliphatic heterocycles. The molecular weight excluding hydrogens is 451 g/mol. The maximum atomic E-state index is 14.2. The first-order valence-corrected chi connectivity index (χ1v) is 11.3. The first-order chi connectivity index (χ1) is 16.8. The summed E-state index contributed by atoms with van der Waals surface area (Å²) in [5.74, 6) is -2.96. The molecule has 3 aromatic carbocycles. The number of fused-ring (bicyclic) bond motifs is 3. The minimum atomic E-state index is -1.42. The van der Waals surface area contributed by atoms with Crippen LogP contribution in [0, 0.1) is 5.82 Å². The molecule has 4 rings (SSSR count). The third kappa shape index (κ3) is 5.32. The van der Waals surface area contributed by atoms with Gasteiger partial charge in [0.2, 0.25) is 5.91 Å². The lowest BCUT2D eigenvalue weighted by molar-refractivity contribution is -0.116. The summed E-state index contributed by atoms with van der Waals surface area (Å²) in [4.78, 5) is 35.6. The van der Waals surface area contributed by atoms with Gasteiger partial charge in [0.25, 0.3) is 0 Å². The molecule has 0 heterocycles. The summed E-state index contributed by atoms with van der Waals surface area (Å²) >= 11 is 0. The van der Waals surface area contributed by atoms with Crippen LogP contribution in [0.2, 0.25) is 0 Å². The highest BCUT2D eigenvalue weighted by Crippen LogP contribution is 2.44. The first kappa shape index (κ1) is 23.9. The van der Waals surface area contributed by atoms with Crippen molar-refractivity contribution in [2.45, 2.75) is 31.7 Å². The number of hydrogen-bond donors (Lipinski definition) is 3. The van der Waals surface area contributed by atoms with Gasteiger partial charge in [-0.2, -0.15) is 0 Å². The number of ether oxygens (including phenoxy) is 1. The molecule has 2 amide bonds. The van der Waals surface area contributed by atoms with Gasteiger partial charge >= 0.3 is 12.1 Å². The zero-order valence-corrected chi connectivity index (χ0v) is 19.1. The van der Waals surface area contributed by atoms with Crippen LogP contribution in [0.1, 0.15) is 47.2 Å². The number of carbonyl (C=O) groups excluding carboxylic acids is 2. The molecule has 1 aliphatic carbocycles. The number of carboxylic acid groups (broad SMARTS) is 1. The molecule has 1 unspecified atom stereocenters. The van der Waals surface area contributed by atoms with Crippen LogP contribution >= 0.6 is 0 Å². The zero-order chi connectivity index (χ0) is 24.9. The largest absolute Gasteiger partial charge is 0.478 e. The SMILES string of the molecule is CC(CCC(=O)Nc1cccc(C(=O)O)c1F)NC(=O)OCC1c2ccccc2-c2ccccc21. The van der Waals surface area contributed by atoms with Gasteiger partial charge in [0, 0.05) is 18.4 Å². The number of alkyl carbamates (subject to hydrolysis) is 1. The second kappa shape index (κ2) is 10.4. The van der Waals surface area contributed by atoms with Gasteiger partial charge in [0.15, 0.2) is 5.82 Å². The van der Waals surface area contributed by atoms with E-state index in [0.717, 1.165) is 28.3 Å². The summed E-state index contributed by atoms with van der Waals surface area (Å²) < 4.78 is 19.7. The highest BCUT2D eigenvalue weighted by atomic mass is 19.1. The Morgan fingerprint density at radius 3 is 2.23 bits per heavy atom. The number of carboxylic acids is 1. The molecule has 35 heavy (non-hydrogen) atoms. The summed E-state index contributed by atoms with van der Waals surface area (Å²) in [6, 6.07) is 19.5. The molecule has 0 saturated carbocycles. The molecule has 0 spiro atoms. The van der Waals surface area contributed by atoms with E-state index in [1.165, 1.54) is 12.1 Å². The number of nitrogens with one attached hydrogen (secondary N) is 2. The van der Waals surface area contributed by atoms with Gasteiger partial charge < -0.3 is 20.5 Å². The quantitative estimate of drug-likeness (QED) is 0.416. The molecule has 3 aromatic rings. The molecule has 7 nitrogen and oxygen atoms in total. The Hall–Kier alpha value is -4.20. The Morgan fingerprint density at radius 2 is 1.60 bits per heavy atom. The highest BCUT2D eigenvalue weighted by Gasteiger charge is 2.29. The molecule has 0 bridgehead atoms. The Bertz CT molecular complexity index is 1230. The lowest BCUT2D eigenvalue weighted by atomic mass is 9.98. The molecule has 8 heteroatoms. The number of hydrogen-bond acceptors (Lipinski definition) is 4. The van der Waals surface area contributed by atoms with Crippen molar-refractivity contribution in [3.63, 3.8) is 0 Å². The lowest BCUT2D eigenvalue weighted by Gasteiger charge is -2.17. The Morgan fingerprint density at radius 1 is 0.971 bits per heavy atom. The molecule has 0 radical (unpaired) electrons. The summed E-state index contributed by atoms with van der Waals surface area (Å²) in [5.41, 5.74) is 3.79. The third-order valence-corrected chi connectivity index (χ3v) is 6.02. The Kier molecular flexibility index (Phi) is 7.10. The molecule has 3 N–H and O–H groups in total. The fraction of sp³-hybridized carbons (Fsp3) is 0.222. The van der Waals surface area contributed by atoms with E-state index in [1.54, 1.807) is 6.92 Å². The Labute approximate surface area is 201 Å². The average molecular weight is 477 g/mol. The third-order valence-electron chi connectivity index (χ3n) is 6.02. The van der Waals surface area contributed by atoms with Crippen LogP contribution in [-0.2, 0) is 9.53 Å². The van der Waals surface area contributed by atoms with Crippen LogP contribution in [0.3, 0.4) is 0 Å². The number of aromatic carboxylic acids is 1. The van der Waals surface area contributed by atoms with Gasteiger partial charge in [-0.3, -0.25) is 4.79 Å². The lowest BCUT2D eigenvalue weighted by Crippen LogP contribution is -2.34. The monoisotopic (exact) mass is 476 g/mol. The van der Waals surface area contributed by atoms with E-state index in [4.69, 9.17) is 9.84 Å². The molecule has 0 aromatic heterocycles. The predicted octanol–water partition coefficient (Wildman–Crippen LogP) is 5.17. The molecular formula is C27H25FN2O5. The number of anilines is 1. The first-order valence-electron chi connectivity index (χ1n) is 11.3. The number of amides is 2. The minimum absolute atomic E-state index is 0.00155. The zero-order valence-electron chi connectivity index (χ0n) is 19.1. The van der Waals surface area contributed by atoms with Gasteiger partial charge in [0.05, 0.1) is 11.3 Å². The van der Waals surface area contributed by atoms with Gasteiger partial charge in [-0.15, -0.1) is 0 Å². The van der Waals surface area contributed by atoms with Crippen LogP contribution in [0.4, 0.5) is 14.9 Å². The highest BCUT2D eigenvalue weighted by molar-refractivity contribution is 5.94. The van der Waals surface area contributed by atoms with Crippen molar-refractivity contribution in [2.75, 3.05) is 11.9 Å². The van der Waals surface area contributed by atoms with Gasteiger partial charge in [-0.1, -0.05) is 54.6 Å². The minimum Gasteiger partial charge on any atom is -0.478 e. The van der Waals surface area contributed by atoms with Crippen molar-refractivity contribution in [2.24, 2.45) is 0 Å². The van der Waals surface area contributed by atoms with Crippen LogP contribution in [0.5, 0.6) is 0 Å². The second-order valence-electron chi connectivity index (χ2n) is 8.43. The summed E-state index contributed by atoms with van der Waals surface area (Å²) in [6.07, 6.45) is -0.294. The maximum absolute atomic E-state index is 14.2. The van der Waals surface area contributed by atoms with Crippen molar-refractivity contribution in [1.29, 1.82) is 0 Å². The molecule has 180 valence electrons. The summed E-state index contributed by atoms with van der Waals surface area (Å²) in [6.45, 7) is 1.92. The summed E-state index contributed by atoms with van der Waals surface area (Å²) in [5, 5.41) is 14.1. The second-order valence-corrected chi connectivity index (χ2v) is 8.43. The van der Waals surface area contributed by atoms with Crippen molar-refractivity contribution in [3.8, 4) is 11.1 Å². The van der Waals surface area contributed by atoms with Gasteiger partial charge in [0.1, 0.15) is 6.61 Å². The Balaban J connectivity index is 1.26. The predicted molar refractivity (Wildman–Crippen MR) is 129 cm³/mol. The summed E-state index contributed by atoms with van der Waals surface area (Å²) in [7, 11) is 0. The van der Waals surface area contributed by atoms with Gasteiger partial charge in [-0.05, 0) is 47.7 Å². The number of halogens is 1. The van der Waals surface area contributed by atoms with E-state index in [9.17, 15) is 18.8 Å². The van der Waals surface area contributed by atoms with E-state index in [0.29, 0.717) is 0 Å². The maximum Gasteiger partial charge on any atom is 0.407 e. The van der Waals surface area contributed by atoms with Crippen LogP contribution in [0.15, 0.2) is 66.7 Å². The van der Waals surface area contributed by atoms with E-state index in [2.05, 4.69) is 22.8 Å². The van der Waals surface area contributed by atoms with E-state index >= 15 is 0 Å². The molecule has 0 fully saturated rings. The fourth-order valence-electron chi connectivity index (χ4n) is 4.27. The van der Waals surface area contributed by atoms with E-state index < -0.39 is 29.4 Å².